The summed E-state index contributed by atoms with van der Waals surface area (Å²) in [4.78, 5) is 9.19. The third-order valence-electron chi connectivity index (χ3n) is 3.41. The minimum Gasteiger partial charge on any atom is -0.324 e. The second-order valence-electron chi connectivity index (χ2n) is 4.97. The number of pyridine rings is 1. The summed E-state index contributed by atoms with van der Waals surface area (Å²) >= 11 is 0. The molecule has 0 bridgehead atoms. The molecular formula is C13H23N5. The van der Waals surface area contributed by atoms with Gasteiger partial charge in [0.05, 0.1) is 11.4 Å². The van der Waals surface area contributed by atoms with Crippen molar-refractivity contribution < 1.29 is 0 Å². The van der Waals surface area contributed by atoms with E-state index in [9.17, 15) is 0 Å². The van der Waals surface area contributed by atoms with Crippen LogP contribution in [-0.4, -0.2) is 48.0 Å². The molecule has 0 amide bonds. The third kappa shape index (κ3) is 3.94. The molecule has 0 saturated carbocycles. The van der Waals surface area contributed by atoms with E-state index in [1.165, 1.54) is 25.9 Å². The lowest BCUT2D eigenvalue weighted by atomic mass is 10.3. The number of rotatable bonds is 6. The maximum absolute atomic E-state index is 5.39. The number of nitrogen functional groups attached to an aromatic ring is 1. The van der Waals surface area contributed by atoms with Crippen LogP contribution in [0.4, 0.5) is 5.69 Å². The highest BCUT2D eigenvalue weighted by Gasteiger charge is 2.11. The highest BCUT2D eigenvalue weighted by Crippen LogP contribution is 2.09. The van der Waals surface area contributed by atoms with Gasteiger partial charge in [-0.1, -0.05) is 0 Å². The van der Waals surface area contributed by atoms with Crippen molar-refractivity contribution in [2.75, 3.05) is 38.7 Å². The van der Waals surface area contributed by atoms with E-state index in [1.54, 1.807) is 6.20 Å². The predicted molar refractivity (Wildman–Crippen MR) is 74.1 cm³/mol. The van der Waals surface area contributed by atoms with Crippen molar-refractivity contribution in [3.05, 3.63) is 24.0 Å². The molecule has 1 aromatic rings. The van der Waals surface area contributed by atoms with Gasteiger partial charge in [0.1, 0.15) is 0 Å². The summed E-state index contributed by atoms with van der Waals surface area (Å²) in [5.41, 5.74) is 4.61. The van der Waals surface area contributed by atoms with Crippen LogP contribution in [0.25, 0.3) is 0 Å². The number of hydrogen-bond donors (Lipinski definition) is 2. The molecule has 2 heterocycles. The van der Waals surface area contributed by atoms with Gasteiger partial charge in [-0.2, -0.15) is 0 Å². The van der Waals surface area contributed by atoms with E-state index in [4.69, 9.17) is 5.84 Å². The van der Waals surface area contributed by atoms with Crippen LogP contribution in [-0.2, 0) is 6.54 Å². The van der Waals surface area contributed by atoms with Gasteiger partial charge in [-0.25, -0.2) is 0 Å². The number of nitrogens with zero attached hydrogens (tertiary/aromatic N) is 3. The number of nitrogens with two attached hydrogens (primary N) is 1. The summed E-state index contributed by atoms with van der Waals surface area (Å²) < 4.78 is 0. The first-order chi connectivity index (χ1) is 8.78. The van der Waals surface area contributed by atoms with Gasteiger partial charge in [0.25, 0.3) is 0 Å². The highest BCUT2D eigenvalue weighted by atomic mass is 15.2. The Morgan fingerprint density at radius 2 is 2.22 bits per heavy atom. The molecule has 0 radical (unpaired) electrons. The lowest BCUT2D eigenvalue weighted by Crippen LogP contribution is -2.31. The van der Waals surface area contributed by atoms with E-state index < -0.39 is 0 Å². The zero-order valence-corrected chi connectivity index (χ0v) is 11.1. The summed E-state index contributed by atoms with van der Waals surface area (Å²) in [5, 5.41) is 0. The molecule has 0 atom stereocenters. The fourth-order valence-electron chi connectivity index (χ4n) is 2.33. The Balaban J connectivity index is 1.76. The zero-order valence-electron chi connectivity index (χ0n) is 11.1. The van der Waals surface area contributed by atoms with Crippen molar-refractivity contribution in [2.24, 2.45) is 5.84 Å². The Bertz CT molecular complexity index is 362. The zero-order chi connectivity index (χ0) is 12.8. The molecule has 0 spiro atoms. The normalized spacial score (nSPS) is 16.4. The largest absolute Gasteiger partial charge is 0.324 e. The Hall–Kier alpha value is -1.17. The minimum atomic E-state index is 0.864. The molecule has 1 saturated heterocycles. The minimum absolute atomic E-state index is 0.864. The predicted octanol–water partition coefficient (Wildman–Crippen LogP) is 0.895. The van der Waals surface area contributed by atoms with Crippen LogP contribution >= 0.6 is 0 Å². The molecule has 3 N–H and O–H groups in total. The molecule has 18 heavy (non-hydrogen) atoms. The van der Waals surface area contributed by atoms with E-state index in [0.717, 1.165) is 31.0 Å². The quantitative estimate of drug-likeness (QED) is 0.579. The van der Waals surface area contributed by atoms with Crippen molar-refractivity contribution in [1.29, 1.82) is 0 Å². The van der Waals surface area contributed by atoms with Crippen molar-refractivity contribution in [3.8, 4) is 0 Å². The van der Waals surface area contributed by atoms with E-state index in [0.29, 0.717) is 0 Å². The smallest absolute Gasteiger partial charge is 0.0564 e. The first-order valence-electron chi connectivity index (χ1n) is 6.60. The number of likely N-dealkylation sites (N-methyl/N-ethyl adjacent to an activating group) is 1. The molecule has 1 aliphatic rings. The first-order valence-corrected chi connectivity index (χ1v) is 6.60. The van der Waals surface area contributed by atoms with Gasteiger partial charge in [-0.3, -0.25) is 15.7 Å². The summed E-state index contributed by atoms with van der Waals surface area (Å²) in [6.45, 7) is 5.63. The first kappa shape index (κ1) is 13.3. The van der Waals surface area contributed by atoms with Crippen LogP contribution in [0.1, 0.15) is 18.5 Å². The Morgan fingerprint density at radius 1 is 1.44 bits per heavy atom. The topological polar surface area (TPSA) is 57.4 Å². The average molecular weight is 249 g/mol. The molecule has 1 aliphatic heterocycles. The molecule has 0 aromatic carbocycles. The molecule has 5 nitrogen and oxygen atoms in total. The highest BCUT2D eigenvalue weighted by molar-refractivity contribution is 5.41. The lowest BCUT2D eigenvalue weighted by molar-refractivity contribution is 0.250. The fourth-order valence-corrected chi connectivity index (χ4v) is 2.33. The Morgan fingerprint density at radius 3 is 2.94 bits per heavy atom. The van der Waals surface area contributed by atoms with Crippen LogP contribution in [0.2, 0.25) is 0 Å². The van der Waals surface area contributed by atoms with Crippen LogP contribution in [0.3, 0.4) is 0 Å². The van der Waals surface area contributed by atoms with Gasteiger partial charge in [0, 0.05) is 25.8 Å². The molecular weight excluding hydrogens is 226 g/mol. The van der Waals surface area contributed by atoms with Gasteiger partial charge in [-0.05, 0) is 45.1 Å². The van der Waals surface area contributed by atoms with Crippen LogP contribution in [0.5, 0.6) is 0 Å². The molecule has 100 valence electrons. The summed E-state index contributed by atoms with van der Waals surface area (Å²) in [6.07, 6.45) is 4.50. The maximum atomic E-state index is 5.39. The van der Waals surface area contributed by atoms with Crippen LogP contribution in [0.15, 0.2) is 18.3 Å². The maximum Gasteiger partial charge on any atom is 0.0564 e. The molecule has 1 aromatic heterocycles. The molecule has 1 fully saturated rings. The molecule has 0 unspecified atom stereocenters. The van der Waals surface area contributed by atoms with Gasteiger partial charge in [-0.15, -0.1) is 0 Å². The number of aromatic nitrogens is 1. The summed E-state index contributed by atoms with van der Waals surface area (Å²) in [6, 6.07) is 3.86. The SMILES string of the molecule is CN(CCN1CCCC1)Cc1cc(NN)ccn1. The number of likely N-dealkylation sites (tertiary alicyclic amines) is 1. The third-order valence-corrected chi connectivity index (χ3v) is 3.41. The van der Waals surface area contributed by atoms with E-state index >= 15 is 0 Å². The number of nitrogens with one attached hydrogen (secondary N) is 1. The second-order valence-corrected chi connectivity index (χ2v) is 4.97. The standard InChI is InChI=1S/C13H23N5/c1-17(8-9-18-6-2-3-7-18)11-13-10-12(16-14)4-5-15-13/h4-5,10H,2-3,6-9,11,14H2,1H3,(H,15,16). The van der Waals surface area contributed by atoms with Crippen molar-refractivity contribution >= 4 is 5.69 Å². The summed E-state index contributed by atoms with van der Waals surface area (Å²) in [7, 11) is 2.14. The van der Waals surface area contributed by atoms with Crippen molar-refractivity contribution in [2.45, 2.75) is 19.4 Å². The Labute approximate surface area is 109 Å². The Kier molecular flexibility index (Phi) is 4.92. The fraction of sp³-hybridized carbons (Fsp3) is 0.615. The lowest BCUT2D eigenvalue weighted by Gasteiger charge is -2.21. The monoisotopic (exact) mass is 249 g/mol. The van der Waals surface area contributed by atoms with Crippen LogP contribution < -0.4 is 11.3 Å². The number of anilines is 1. The van der Waals surface area contributed by atoms with Crippen molar-refractivity contribution in [1.82, 2.24) is 14.8 Å². The molecule has 2 rings (SSSR count). The van der Waals surface area contributed by atoms with E-state index in [1.807, 2.05) is 12.1 Å². The average Bonchev–Trinajstić information content (AvgIpc) is 2.90. The number of hydrogen-bond acceptors (Lipinski definition) is 5. The van der Waals surface area contributed by atoms with E-state index in [-0.39, 0.29) is 0 Å². The van der Waals surface area contributed by atoms with Crippen molar-refractivity contribution in [3.63, 3.8) is 0 Å². The number of hydrazine groups is 1. The van der Waals surface area contributed by atoms with Gasteiger partial charge < -0.3 is 10.3 Å². The van der Waals surface area contributed by atoms with Crippen LogP contribution in [0, 0.1) is 0 Å². The second kappa shape index (κ2) is 6.68. The van der Waals surface area contributed by atoms with Gasteiger partial charge in [0.2, 0.25) is 0 Å². The molecule has 5 heteroatoms. The summed E-state index contributed by atoms with van der Waals surface area (Å²) in [5.74, 6) is 5.39. The van der Waals surface area contributed by atoms with Gasteiger partial charge >= 0.3 is 0 Å². The molecule has 0 aliphatic carbocycles. The van der Waals surface area contributed by atoms with Gasteiger partial charge in [0.15, 0.2) is 0 Å². The van der Waals surface area contributed by atoms with E-state index in [2.05, 4.69) is 27.3 Å².